The van der Waals surface area contributed by atoms with E-state index >= 15 is 0 Å². The summed E-state index contributed by atoms with van der Waals surface area (Å²) in [6.07, 6.45) is 0. The minimum absolute atomic E-state index is 0.0327. The number of fused-ring (bicyclic) bond motifs is 1. The predicted octanol–water partition coefficient (Wildman–Crippen LogP) is 6.79. The molecule has 2 aromatic heterocycles. The van der Waals surface area contributed by atoms with E-state index in [1.165, 1.54) is 17.4 Å². The fraction of sp³-hybridized carbons (Fsp3) is 0. The summed E-state index contributed by atoms with van der Waals surface area (Å²) < 4.78 is 0. The molecule has 0 saturated carbocycles. The van der Waals surface area contributed by atoms with Gasteiger partial charge in [-0.05, 0) is 23.3 Å². The van der Waals surface area contributed by atoms with E-state index in [2.05, 4.69) is 0 Å². The largest absolute Gasteiger partial charge is 0.397 e. The van der Waals surface area contributed by atoms with E-state index < -0.39 is 0 Å². The third-order valence-corrected chi connectivity index (χ3v) is 6.33. The molecule has 150 valence electrons. The maximum atomic E-state index is 11.6. The summed E-state index contributed by atoms with van der Waals surface area (Å²) in [7, 11) is 0. The van der Waals surface area contributed by atoms with E-state index in [4.69, 9.17) is 10.7 Å². The van der Waals surface area contributed by atoms with Gasteiger partial charge < -0.3 is 5.73 Å². The Labute approximate surface area is 182 Å². The Balaban J connectivity index is 1.83. The number of para-hydroxylation sites is 1. The van der Waals surface area contributed by atoms with Crippen molar-refractivity contribution in [3.63, 3.8) is 0 Å². The monoisotopic (exact) mass is 423 g/mol. The Kier molecular flexibility index (Phi) is 4.69. The molecule has 0 bridgehead atoms. The van der Waals surface area contributed by atoms with Gasteiger partial charge in [0.05, 0.1) is 26.7 Å². The second-order valence-electron chi connectivity index (χ2n) is 7.09. The quantitative estimate of drug-likeness (QED) is 0.255. The van der Waals surface area contributed by atoms with Crippen LogP contribution in [0.2, 0.25) is 0 Å². The third kappa shape index (κ3) is 3.33. The van der Waals surface area contributed by atoms with Gasteiger partial charge in [-0.25, -0.2) is 4.98 Å². The lowest BCUT2D eigenvalue weighted by molar-refractivity contribution is -0.384. The summed E-state index contributed by atoms with van der Waals surface area (Å²) >= 11 is 1.39. The molecule has 31 heavy (non-hydrogen) atoms. The molecule has 0 atom stereocenters. The minimum atomic E-state index is -0.375. The number of hydrogen-bond acceptors (Lipinski definition) is 5. The van der Waals surface area contributed by atoms with Crippen molar-refractivity contribution in [2.24, 2.45) is 0 Å². The van der Waals surface area contributed by atoms with Crippen molar-refractivity contribution in [2.75, 3.05) is 5.73 Å². The minimum Gasteiger partial charge on any atom is -0.397 e. The molecule has 0 spiro atoms. The number of nitro groups is 1. The number of pyridine rings is 1. The highest BCUT2D eigenvalue weighted by Gasteiger charge is 2.23. The number of benzene rings is 3. The van der Waals surface area contributed by atoms with Crippen LogP contribution in [0.1, 0.15) is 0 Å². The highest BCUT2D eigenvalue weighted by Crippen LogP contribution is 2.47. The Hall–Kier alpha value is -4.03. The summed E-state index contributed by atoms with van der Waals surface area (Å²) in [5.74, 6) is 0. The van der Waals surface area contributed by atoms with Crippen LogP contribution in [0.4, 0.5) is 11.4 Å². The zero-order valence-corrected chi connectivity index (χ0v) is 17.2. The first-order valence-electron chi connectivity index (χ1n) is 9.71. The van der Waals surface area contributed by atoms with Gasteiger partial charge in [0.15, 0.2) is 0 Å². The molecule has 2 heterocycles. The highest BCUT2D eigenvalue weighted by molar-refractivity contribution is 7.22. The van der Waals surface area contributed by atoms with Crippen LogP contribution in [-0.2, 0) is 0 Å². The molecule has 0 aliphatic rings. The number of aromatic nitrogens is 1. The van der Waals surface area contributed by atoms with Gasteiger partial charge in [-0.3, -0.25) is 10.1 Å². The molecule has 0 amide bonds. The van der Waals surface area contributed by atoms with Gasteiger partial charge in [-0.2, -0.15) is 0 Å². The van der Waals surface area contributed by atoms with Crippen LogP contribution in [0.25, 0.3) is 43.0 Å². The summed E-state index contributed by atoms with van der Waals surface area (Å²) in [4.78, 5) is 17.5. The van der Waals surface area contributed by atoms with Gasteiger partial charge >= 0.3 is 0 Å². The zero-order chi connectivity index (χ0) is 21.4. The maximum Gasteiger partial charge on any atom is 0.278 e. The van der Waals surface area contributed by atoms with Crippen molar-refractivity contribution in [1.29, 1.82) is 0 Å². The maximum absolute atomic E-state index is 11.6. The van der Waals surface area contributed by atoms with E-state index in [0.29, 0.717) is 16.1 Å². The molecule has 5 aromatic rings. The molecule has 5 nitrogen and oxygen atoms in total. The van der Waals surface area contributed by atoms with Crippen LogP contribution < -0.4 is 5.73 Å². The van der Waals surface area contributed by atoms with Gasteiger partial charge in [0, 0.05) is 17.0 Å². The summed E-state index contributed by atoms with van der Waals surface area (Å²) in [6, 6.07) is 28.7. The van der Waals surface area contributed by atoms with Gasteiger partial charge in [0.25, 0.3) is 5.69 Å². The van der Waals surface area contributed by atoms with E-state index in [1.807, 2.05) is 66.7 Å². The van der Waals surface area contributed by atoms with Crippen molar-refractivity contribution < 1.29 is 4.92 Å². The van der Waals surface area contributed by atoms with Crippen molar-refractivity contribution in [3.05, 3.63) is 101 Å². The van der Waals surface area contributed by atoms with Crippen LogP contribution in [0.3, 0.4) is 0 Å². The van der Waals surface area contributed by atoms with Crippen molar-refractivity contribution in [1.82, 2.24) is 4.98 Å². The second-order valence-corrected chi connectivity index (χ2v) is 8.09. The van der Waals surface area contributed by atoms with E-state index in [-0.39, 0.29) is 10.6 Å². The topological polar surface area (TPSA) is 82.0 Å². The first-order chi connectivity index (χ1) is 15.1. The normalized spacial score (nSPS) is 11.0. The molecule has 6 heteroatoms. The molecule has 0 unspecified atom stereocenters. The number of nitrogen functional groups attached to an aromatic ring is 1. The number of anilines is 1. The first-order valence-corrected chi connectivity index (χ1v) is 10.5. The van der Waals surface area contributed by atoms with Crippen LogP contribution >= 0.6 is 11.3 Å². The molecule has 0 aliphatic carbocycles. The fourth-order valence-electron chi connectivity index (χ4n) is 3.75. The van der Waals surface area contributed by atoms with Gasteiger partial charge in [0.1, 0.15) is 4.83 Å². The van der Waals surface area contributed by atoms with Gasteiger partial charge in [-0.1, -0.05) is 72.8 Å². The number of nitro benzene ring substituents is 1. The van der Waals surface area contributed by atoms with E-state index in [9.17, 15) is 10.1 Å². The molecule has 0 fully saturated rings. The van der Waals surface area contributed by atoms with E-state index in [0.717, 1.165) is 32.6 Å². The molecule has 3 aromatic carbocycles. The number of nitrogens with zero attached hydrogens (tertiary/aromatic N) is 2. The predicted molar refractivity (Wildman–Crippen MR) is 127 cm³/mol. The number of rotatable bonds is 4. The zero-order valence-electron chi connectivity index (χ0n) is 16.4. The van der Waals surface area contributed by atoms with Gasteiger partial charge in [0.2, 0.25) is 0 Å². The second kappa shape index (κ2) is 7.66. The van der Waals surface area contributed by atoms with Crippen LogP contribution in [0.5, 0.6) is 0 Å². The van der Waals surface area contributed by atoms with Crippen LogP contribution in [-0.4, -0.2) is 9.91 Å². The average Bonchev–Trinajstić information content (AvgIpc) is 3.16. The lowest BCUT2D eigenvalue weighted by Gasteiger charge is -2.09. The molecular weight excluding hydrogens is 406 g/mol. The van der Waals surface area contributed by atoms with Crippen molar-refractivity contribution in [2.45, 2.75) is 0 Å². The molecule has 0 aliphatic heterocycles. The SMILES string of the molecule is Nc1c(-c2ccccc2[N+](=O)[O-])sc2nc(-c3ccccc3)cc(-c3ccccc3)c12. The van der Waals surface area contributed by atoms with E-state index in [1.54, 1.807) is 18.2 Å². The molecule has 2 N–H and O–H groups in total. The van der Waals surface area contributed by atoms with Crippen LogP contribution in [0.15, 0.2) is 91.0 Å². The first kappa shape index (κ1) is 19.0. The lowest BCUT2D eigenvalue weighted by Crippen LogP contribution is -1.93. The van der Waals surface area contributed by atoms with Gasteiger partial charge in [-0.15, -0.1) is 11.3 Å². The highest BCUT2D eigenvalue weighted by atomic mass is 32.1. The molecule has 0 radical (unpaired) electrons. The smallest absolute Gasteiger partial charge is 0.278 e. The summed E-state index contributed by atoms with van der Waals surface area (Å²) in [5.41, 5.74) is 11.5. The standard InChI is InChI=1S/C25H17N3O2S/c26-23-22-19(16-9-3-1-4-10-16)15-20(17-11-5-2-6-12-17)27-25(22)31-24(23)18-13-7-8-14-21(18)28(29)30/h1-15H,26H2. The van der Waals surface area contributed by atoms with Crippen LogP contribution in [0, 0.1) is 10.1 Å². The fourth-order valence-corrected chi connectivity index (χ4v) is 4.90. The summed E-state index contributed by atoms with van der Waals surface area (Å²) in [6.45, 7) is 0. The van der Waals surface area contributed by atoms with Crippen molar-refractivity contribution in [3.8, 4) is 32.8 Å². The number of hydrogen-bond donors (Lipinski definition) is 1. The Morgan fingerprint density at radius 3 is 2.10 bits per heavy atom. The Morgan fingerprint density at radius 2 is 1.42 bits per heavy atom. The Bertz CT molecular complexity index is 1410. The molecule has 5 rings (SSSR count). The Morgan fingerprint density at radius 1 is 0.806 bits per heavy atom. The third-order valence-electron chi connectivity index (χ3n) is 5.20. The van der Waals surface area contributed by atoms with Crippen molar-refractivity contribution >= 4 is 32.9 Å². The average molecular weight is 423 g/mol. The lowest BCUT2D eigenvalue weighted by atomic mass is 9.99. The summed E-state index contributed by atoms with van der Waals surface area (Å²) in [5, 5.41) is 12.4. The molecular formula is C25H17N3O2S. The molecule has 0 saturated heterocycles. The number of nitrogens with two attached hydrogens (primary N) is 1. The number of thiophene rings is 1.